The van der Waals surface area contributed by atoms with E-state index < -0.39 is 10.0 Å². The summed E-state index contributed by atoms with van der Waals surface area (Å²) in [4.78, 5) is 5.75. The van der Waals surface area contributed by atoms with Gasteiger partial charge in [0.15, 0.2) is 0 Å². The number of aromatic nitrogens is 1. The Morgan fingerprint density at radius 3 is 2.96 bits per heavy atom. The molecule has 1 aromatic carbocycles. The van der Waals surface area contributed by atoms with Crippen molar-refractivity contribution in [2.45, 2.75) is 25.9 Å². The van der Waals surface area contributed by atoms with Crippen LogP contribution in [0.3, 0.4) is 0 Å². The second kappa shape index (κ2) is 8.02. The fraction of sp³-hybridized carbons (Fsp3) is 0.600. The predicted molar refractivity (Wildman–Crippen MR) is 109 cm³/mol. The lowest BCUT2D eigenvalue weighted by molar-refractivity contribution is 0.0614. The van der Waals surface area contributed by atoms with Crippen molar-refractivity contribution in [3.8, 4) is 5.75 Å². The Kier molecular flexibility index (Phi) is 5.64. The smallest absolute Gasteiger partial charge is 0.214 e. The number of piperidine rings is 1. The van der Waals surface area contributed by atoms with Gasteiger partial charge in [0.05, 0.1) is 26.1 Å². The lowest BCUT2D eigenvalue weighted by atomic mass is 9.92. The van der Waals surface area contributed by atoms with Crippen LogP contribution in [-0.4, -0.2) is 74.4 Å². The number of hydrogen-bond donors (Lipinski definition) is 1. The molecule has 1 aromatic heterocycles. The van der Waals surface area contributed by atoms with E-state index in [0.29, 0.717) is 19.8 Å². The van der Waals surface area contributed by atoms with E-state index in [4.69, 9.17) is 9.47 Å². The first-order chi connectivity index (χ1) is 13.5. The summed E-state index contributed by atoms with van der Waals surface area (Å²) in [6, 6.07) is 6.11. The summed E-state index contributed by atoms with van der Waals surface area (Å²) in [6.07, 6.45) is 2.91. The molecule has 0 amide bonds. The molecule has 2 saturated heterocycles. The Hall–Kier alpha value is -1.61. The molecule has 3 heterocycles. The summed E-state index contributed by atoms with van der Waals surface area (Å²) in [5.74, 6) is 1.21. The highest BCUT2D eigenvalue weighted by Gasteiger charge is 2.39. The molecule has 0 saturated carbocycles. The van der Waals surface area contributed by atoms with Gasteiger partial charge in [-0.1, -0.05) is 0 Å². The number of ether oxygens (including phenoxy) is 2. The van der Waals surface area contributed by atoms with E-state index in [1.165, 1.54) is 10.9 Å². The van der Waals surface area contributed by atoms with Crippen LogP contribution in [0, 0.1) is 5.92 Å². The van der Waals surface area contributed by atoms with E-state index in [-0.39, 0.29) is 17.7 Å². The zero-order chi connectivity index (χ0) is 19.7. The Labute approximate surface area is 166 Å². The molecule has 7 nitrogen and oxygen atoms in total. The van der Waals surface area contributed by atoms with Crippen LogP contribution in [0.25, 0.3) is 10.9 Å². The van der Waals surface area contributed by atoms with Gasteiger partial charge in [0.25, 0.3) is 0 Å². The molecule has 0 bridgehead atoms. The van der Waals surface area contributed by atoms with E-state index in [0.717, 1.165) is 37.3 Å². The number of rotatable bonds is 5. The summed E-state index contributed by atoms with van der Waals surface area (Å²) in [5.41, 5.74) is 2.34. The molecular formula is C20H29N3O4S. The van der Waals surface area contributed by atoms with Gasteiger partial charge in [0.1, 0.15) is 5.75 Å². The standard InChI is InChI=1S/C20H29N3O4S/c1-3-28(24,25)23-8-9-27-14-16-13-22(7-6-20(16)23)12-15-11-21-19-5-4-17(26-2)10-18(15)19/h4-5,10-11,16,20-21H,3,6-9,12-14H2,1-2H3/t16-,20-/m1/s1. The maximum Gasteiger partial charge on any atom is 0.214 e. The Bertz CT molecular complexity index is 927. The van der Waals surface area contributed by atoms with Crippen LogP contribution in [0.2, 0.25) is 0 Å². The third-order valence-corrected chi connectivity index (χ3v) is 7.92. The number of nitrogens with zero attached hydrogens (tertiary/aromatic N) is 2. The zero-order valence-electron chi connectivity index (χ0n) is 16.6. The van der Waals surface area contributed by atoms with Crippen molar-refractivity contribution in [1.82, 2.24) is 14.2 Å². The van der Waals surface area contributed by atoms with Crippen molar-refractivity contribution in [2.75, 3.05) is 45.7 Å². The molecule has 0 aliphatic carbocycles. The summed E-state index contributed by atoms with van der Waals surface area (Å²) in [5, 5.41) is 1.17. The molecule has 2 aromatic rings. The number of sulfonamides is 1. The zero-order valence-corrected chi connectivity index (χ0v) is 17.4. The van der Waals surface area contributed by atoms with Gasteiger partial charge in [-0.3, -0.25) is 4.90 Å². The van der Waals surface area contributed by atoms with Crippen molar-refractivity contribution in [1.29, 1.82) is 0 Å². The van der Waals surface area contributed by atoms with Gasteiger partial charge in [-0.05, 0) is 37.1 Å². The lowest BCUT2D eigenvalue weighted by Crippen LogP contribution is -2.53. The number of nitrogens with one attached hydrogen (secondary N) is 1. The first-order valence-electron chi connectivity index (χ1n) is 9.95. The summed E-state index contributed by atoms with van der Waals surface area (Å²) in [7, 11) is -1.52. The van der Waals surface area contributed by atoms with Crippen molar-refractivity contribution in [3.05, 3.63) is 30.0 Å². The van der Waals surface area contributed by atoms with Crippen molar-refractivity contribution in [2.24, 2.45) is 5.92 Å². The second-order valence-corrected chi connectivity index (χ2v) is 9.87. The third kappa shape index (κ3) is 3.78. The van der Waals surface area contributed by atoms with Crippen LogP contribution in [0.1, 0.15) is 18.9 Å². The molecule has 0 spiro atoms. The van der Waals surface area contributed by atoms with Gasteiger partial charge < -0.3 is 14.5 Å². The topological polar surface area (TPSA) is 74.9 Å². The molecule has 2 aliphatic heterocycles. The van der Waals surface area contributed by atoms with Crippen LogP contribution in [0.5, 0.6) is 5.75 Å². The molecule has 4 rings (SSSR count). The minimum atomic E-state index is -3.20. The van der Waals surface area contributed by atoms with E-state index in [9.17, 15) is 8.42 Å². The summed E-state index contributed by atoms with van der Waals surface area (Å²) >= 11 is 0. The molecule has 0 unspecified atom stereocenters. The highest BCUT2D eigenvalue weighted by molar-refractivity contribution is 7.89. The van der Waals surface area contributed by atoms with Crippen LogP contribution < -0.4 is 4.74 Å². The molecule has 1 N–H and O–H groups in total. The molecule has 8 heteroatoms. The molecule has 2 fully saturated rings. The lowest BCUT2D eigenvalue weighted by Gasteiger charge is -2.41. The van der Waals surface area contributed by atoms with Gasteiger partial charge in [-0.15, -0.1) is 0 Å². The fourth-order valence-corrected chi connectivity index (χ4v) is 5.88. The van der Waals surface area contributed by atoms with Gasteiger partial charge in [-0.25, -0.2) is 8.42 Å². The maximum absolute atomic E-state index is 12.5. The summed E-state index contributed by atoms with van der Waals surface area (Å²) in [6.45, 7) is 5.85. The van der Waals surface area contributed by atoms with Crippen LogP contribution in [-0.2, 0) is 21.3 Å². The Morgan fingerprint density at radius 2 is 2.18 bits per heavy atom. The second-order valence-electron chi connectivity index (χ2n) is 7.66. The first kappa shape index (κ1) is 19.7. The minimum absolute atomic E-state index is 0.0479. The SMILES string of the molecule is CCS(=O)(=O)N1CCOC[C@H]2CN(Cc3c[nH]c4ccc(OC)cc34)CC[C@H]21. The molecule has 0 radical (unpaired) electrons. The van der Waals surface area contributed by atoms with Gasteiger partial charge in [0.2, 0.25) is 10.0 Å². The van der Waals surface area contributed by atoms with Crippen molar-refractivity contribution < 1.29 is 17.9 Å². The Balaban J connectivity index is 1.51. The first-order valence-corrected chi connectivity index (χ1v) is 11.6. The van der Waals surface area contributed by atoms with Gasteiger partial charge >= 0.3 is 0 Å². The molecule has 2 atom stereocenters. The number of benzene rings is 1. The third-order valence-electron chi connectivity index (χ3n) is 6.03. The normalized spacial score (nSPS) is 24.8. The van der Waals surface area contributed by atoms with E-state index in [1.807, 2.05) is 12.1 Å². The summed E-state index contributed by atoms with van der Waals surface area (Å²) < 4.78 is 37.9. The number of fused-ring (bicyclic) bond motifs is 2. The molecule has 154 valence electrons. The largest absolute Gasteiger partial charge is 0.497 e. The van der Waals surface area contributed by atoms with E-state index in [1.54, 1.807) is 18.3 Å². The molecule has 28 heavy (non-hydrogen) atoms. The fourth-order valence-electron chi connectivity index (χ4n) is 4.50. The number of aromatic amines is 1. The van der Waals surface area contributed by atoms with E-state index >= 15 is 0 Å². The Morgan fingerprint density at radius 1 is 1.32 bits per heavy atom. The number of methoxy groups -OCH3 is 1. The van der Waals surface area contributed by atoms with E-state index in [2.05, 4.69) is 22.1 Å². The minimum Gasteiger partial charge on any atom is -0.497 e. The quantitative estimate of drug-likeness (QED) is 0.821. The average Bonchev–Trinajstić information content (AvgIpc) is 2.96. The maximum atomic E-state index is 12.5. The number of hydrogen-bond acceptors (Lipinski definition) is 5. The van der Waals surface area contributed by atoms with Crippen LogP contribution in [0.15, 0.2) is 24.4 Å². The van der Waals surface area contributed by atoms with Gasteiger partial charge in [0, 0.05) is 55.2 Å². The van der Waals surface area contributed by atoms with Crippen LogP contribution in [0.4, 0.5) is 0 Å². The molecule has 2 aliphatic rings. The van der Waals surface area contributed by atoms with Crippen molar-refractivity contribution in [3.63, 3.8) is 0 Å². The van der Waals surface area contributed by atoms with Crippen molar-refractivity contribution >= 4 is 20.9 Å². The van der Waals surface area contributed by atoms with Gasteiger partial charge in [-0.2, -0.15) is 4.31 Å². The highest BCUT2D eigenvalue weighted by atomic mass is 32.2. The number of H-pyrrole nitrogens is 1. The highest BCUT2D eigenvalue weighted by Crippen LogP contribution is 2.30. The monoisotopic (exact) mass is 407 g/mol. The molecular weight excluding hydrogens is 378 g/mol. The predicted octanol–water partition coefficient (Wildman–Crippen LogP) is 2.05. The average molecular weight is 408 g/mol. The number of likely N-dealkylation sites (tertiary alicyclic amines) is 1. The van der Waals surface area contributed by atoms with Crippen LogP contribution >= 0.6 is 0 Å².